The molecule has 1 aromatic heterocycles. The Labute approximate surface area is 241 Å². The molecule has 1 aliphatic carbocycles. The Balaban J connectivity index is 1.26. The van der Waals surface area contributed by atoms with E-state index in [1.165, 1.54) is 63.3 Å². The van der Waals surface area contributed by atoms with Crippen LogP contribution in [0.5, 0.6) is 0 Å². The van der Waals surface area contributed by atoms with Crippen LogP contribution < -0.4 is 5.32 Å². The van der Waals surface area contributed by atoms with Gasteiger partial charge in [0.05, 0.1) is 5.41 Å². The Kier molecular flexibility index (Phi) is 4.69. The summed E-state index contributed by atoms with van der Waals surface area (Å²) < 4.78 is 2.63. The highest BCUT2D eigenvalue weighted by Gasteiger charge is 2.49. The molecule has 40 heavy (non-hydrogen) atoms. The van der Waals surface area contributed by atoms with Crippen LogP contribution in [0, 0.1) is 0 Å². The van der Waals surface area contributed by atoms with E-state index in [0.29, 0.717) is 0 Å². The van der Waals surface area contributed by atoms with E-state index in [2.05, 4.69) is 139 Å². The second kappa shape index (κ2) is 8.34. The molecule has 0 bridgehead atoms. The van der Waals surface area contributed by atoms with Crippen LogP contribution >= 0.6 is 23.1 Å². The van der Waals surface area contributed by atoms with E-state index >= 15 is 0 Å². The number of nitrogens with one attached hydrogen (secondary N) is 1. The van der Waals surface area contributed by atoms with Gasteiger partial charge in [0.15, 0.2) is 0 Å². The molecule has 0 fully saturated rings. The van der Waals surface area contributed by atoms with E-state index < -0.39 is 0 Å². The second-order valence-corrected chi connectivity index (χ2v) is 12.7. The van der Waals surface area contributed by atoms with E-state index in [0.717, 1.165) is 11.4 Å². The summed E-state index contributed by atoms with van der Waals surface area (Å²) in [5.41, 5.74) is 10.1. The van der Waals surface area contributed by atoms with Gasteiger partial charge in [-0.15, -0.1) is 11.3 Å². The van der Waals surface area contributed by atoms with Gasteiger partial charge in [-0.1, -0.05) is 109 Å². The molecule has 1 N–H and O–H groups in total. The lowest BCUT2D eigenvalue weighted by atomic mass is 9.67. The van der Waals surface area contributed by atoms with E-state index in [1.54, 1.807) is 0 Å². The Morgan fingerprint density at radius 2 is 1.15 bits per heavy atom. The van der Waals surface area contributed by atoms with Crippen LogP contribution in [0.25, 0.3) is 31.3 Å². The van der Waals surface area contributed by atoms with Crippen LogP contribution in [0.3, 0.4) is 0 Å². The summed E-state index contributed by atoms with van der Waals surface area (Å²) in [5.74, 6) is 0. The number of rotatable bonds is 2. The average molecular weight is 546 g/mol. The largest absolute Gasteiger partial charge is 0.355 e. The summed E-state index contributed by atoms with van der Waals surface area (Å²) in [6.07, 6.45) is 0. The molecule has 2 aliphatic rings. The first-order chi connectivity index (χ1) is 19.8. The third-order valence-electron chi connectivity index (χ3n) is 8.53. The maximum Gasteiger partial charge on any atom is 0.0735 e. The van der Waals surface area contributed by atoms with Gasteiger partial charge in [-0.05, 0) is 69.8 Å². The topological polar surface area (TPSA) is 12.0 Å². The fraction of sp³-hybridized carbons (Fsp3) is 0.0270. The van der Waals surface area contributed by atoms with Gasteiger partial charge in [0.1, 0.15) is 0 Å². The molecule has 7 aromatic rings. The smallest absolute Gasteiger partial charge is 0.0735 e. The van der Waals surface area contributed by atoms with Crippen molar-refractivity contribution in [2.45, 2.75) is 15.2 Å². The minimum Gasteiger partial charge on any atom is -0.355 e. The lowest BCUT2D eigenvalue weighted by Crippen LogP contribution is -2.31. The summed E-state index contributed by atoms with van der Waals surface area (Å²) in [6, 6.07) is 49.2. The number of hydrogen-bond acceptors (Lipinski definition) is 3. The van der Waals surface area contributed by atoms with Crippen molar-refractivity contribution >= 4 is 54.6 Å². The van der Waals surface area contributed by atoms with E-state index in [9.17, 15) is 0 Å². The first kappa shape index (κ1) is 22.5. The summed E-state index contributed by atoms with van der Waals surface area (Å²) in [7, 11) is 0. The van der Waals surface area contributed by atoms with E-state index in [1.807, 2.05) is 23.1 Å². The minimum atomic E-state index is -0.327. The fourth-order valence-electron chi connectivity index (χ4n) is 6.97. The highest BCUT2D eigenvalue weighted by Crippen LogP contribution is 2.62. The van der Waals surface area contributed by atoms with Gasteiger partial charge in [-0.3, -0.25) is 0 Å². The molecule has 1 aliphatic heterocycles. The fourth-order valence-corrected chi connectivity index (χ4v) is 9.34. The van der Waals surface area contributed by atoms with Crippen LogP contribution in [0.1, 0.15) is 22.3 Å². The van der Waals surface area contributed by atoms with Crippen molar-refractivity contribution < 1.29 is 0 Å². The lowest BCUT2D eigenvalue weighted by molar-refractivity contribution is 0.722. The quantitative estimate of drug-likeness (QED) is 0.232. The van der Waals surface area contributed by atoms with Gasteiger partial charge in [0, 0.05) is 41.3 Å². The SMILES string of the molecule is c1ccc2c(c1)Sc1cc(Nc3cccc4sc5ccccc5c34)ccc1C21c2ccccc2-c2ccccc21. The number of anilines is 2. The number of benzene rings is 6. The van der Waals surface area contributed by atoms with Gasteiger partial charge in [-0.2, -0.15) is 0 Å². The van der Waals surface area contributed by atoms with Gasteiger partial charge in [0.2, 0.25) is 0 Å². The zero-order valence-corrected chi connectivity index (χ0v) is 23.2. The molecular weight excluding hydrogens is 523 g/mol. The molecule has 1 nitrogen and oxygen atoms in total. The van der Waals surface area contributed by atoms with Crippen molar-refractivity contribution in [3.63, 3.8) is 0 Å². The van der Waals surface area contributed by atoms with Crippen LogP contribution in [-0.4, -0.2) is 0 Å². The Morgan fingerprint density at radius 1 is 0.500 bits per heavy atom. The third kappa shape index (κ3) is 2.94. The molecule has 2 heterocycles. The van der Waals surface area contributed by atoms with Crippen LogP contribution in [0.15, 0.2) is 143 Å². The van der Waals surface area contributed by atoms with Crippen molar-refractivity contribution in [3.8, 4) is 11.1 Å². The summed E-state index contributed by atoms with van der Waals surface area (Å²) in [5, 5.41) is 6.42. The van der Waals surface area contributed by atoms with Crippen LogP contribution in [0.2, 0.25) is 0 Å². The molecule has 0 saturated heterocycles. The summed E-state index contributed by atoms with van der Waals surface area (Å²) in [4.78, 5) is 2.63. The molecule has 0 unspecified atom stereocenters. The monoisotopic (exact) mass is 545 g/mol. The number of fused-ring (bicyclic) bond motifs is 12. The molecule has 0 atom stereocenters. The molecule has 9 rings (SSSR count). The van der Waals surface area contributed by atoms with Crippen molar-refractivity contribution in [2.24, 2.45) is 0 Å². The van der Waals surface area contributed by atoms with Gasteiger partial charge in [0.25, 0.3) is 0 Å². The molecule has 188 valence electrons. The highest BCUT2D eigenvalue weighted by atomic mass is 32.2. The first-order valence-electron chi connectivity index (χ1n) is 13.6. The second-order valence-electron chi connectivity index (χ2n) is 10.6. The molecule has 0 amide bonds. The van der Waals surface area contributed by atoms with Gasteiger partial charge >= 0.3 is 0 Å². The van der Waals surface area contributed by atoms with Crippen LogP contribution in [-0.2, 0) is 5.41 Å². The Hall–Kier alpha value is -4.31. The minimum absolute atomic E-state index is 0.327. The number of hydrogen-bond donors (Lipinski definition) is 1. The van der Waals surface area contributed by atoms with Gasteiger partial charge < -0.3 is 5.32 Å². The summed E-state index contributed by atoms with van der Waals surface area (Å²) >= 11 is 3.74. The zero-order chi connectivity index (χ0) is 26.3. The third-order valence-corrected chi connectivity index (χ3v) is 10.8. The Morgan fingerprint density at radius 3 is 1.98 bits per heavy atom. The van der Waals surface area contributed by atoms with E-state index in [-0.39, 0.29) is 5.41 Å². The molecular formula is C37H23NS2. The highest BCUT2D eigenvalue weighted by molar-refractivity contribution is 7.99. The molecule has 6 aromatic carbocycles. The molecule has 1 spiro atoms. The average Bonchev–Trinajstić information content (AvgIpc) is 3.53. The van der Waals surface area contributed by atoms with Gasteiger partial charge in [-0.25, -0.2) is 0 Å². The number of thiophene rings is 1. The zero-order valence-electron chi connectivity index (χ0n) is 21.5. The summed E-state index contributed by atoms with van der Waals surface area (Å²) in [6.45, 7) is 0. The van der Waals surface area contributed by atoms with Crippen molar-refractivity contribution in [1.82, 2.24) is 0 Å². The lowest BCUT2D eigenvalue weighted by Gasteiger charge is -2.39. The van der Waals surface area contributed by atoms with Crippen molar-refractivity contribution in [2.75, 3.05) is 5.32 Å². The van der Waals surface area contributed by atoms with E-state index in [4.69, 9.17) is 0 Å². The predicted molar refractivity (Wildman–Crippen MR) is 170 cm³/mol. The van der Waals surface area contributed by atoms with Crippen LogP contribution in [0.4, 0.5) is 11.4 Å². The van der Waals surface area contributed by atoms with Crippen molar-refractivity contribution in [1.29, 1.82) is 0 Å². The maximum absolute atomic E-state index is 3.81. The molecule has 0 saturated carbocycles. The maximum atomic E-state index is 3.81. The molecule has 0 radical (unpaired) electrons. The normalized spacial score (nSPS) is 14.1. The van der Waals surface area contributed by atoms with Crippen molar-refractivity contribution in [3.05, 3.63) is 156 Å². The predicted octanol–water partition coefficient (Wildman–Crippen LogP) is 10.6. The standard InChI is InChI=1S/C37H23NS2/c1-4-13-27-24(10-1)25-11-2-5-14-28(25)37(27)29-15-6-8-18-33(29)40-35-22-23(20-21-30(35)37)38-31-16-9-19-34-36(31)26-12-3-7-17-32(26)39-34/h1-22,38H. The Bertz CT molecular complexity index is 2090. The molecule has 3 heteroatoms. The first-order valence-corrected chi connectivity index (χ1v) is 15.2.